The maximum atomic E-state index is 12.8. The van der Waals surface area contributed by atoms with Gasteiger partial charge in [0.15, 0.2) is 15.9 Å². The van der Waals surface area contributed by atoms with E-state index in [0.29, 0.717) is 0 Å². The fraction of sp³-hybridized carbons (Fsp3) is 0.300. The predicted molar refractivity (Wildman–Crippen MR) is 102 cm³/mol. The Bertz CT molecular complexity index is 982. The Kier molecular flexibility index (Phi) is 5.06. The van der Waals surface area contributed by atoms with Gasteiger partial charge in [-0.2, -0.15) is 0 Å². The summed E-state index contributed by atoms with van der Waals surface area (Å²) in [5.41, 5.74) is 2.13. The van der Waals surface area contributed by atoms with Gasteiger partial charge in [0.05, 0.1) is 10.5 Å². The second-order valence-electron chi connectivity index (χ2n) is 6.73. The molecular weight excluding hydrogens is 366 g/mol. The summed E-state index contributed by atoms with van der Waals surface area (Å²) in [5, 5.41) is 0. The molecule has 0 aromatic heterocycles. The Morgan fingerprint density at radius 3 is 2.37 bits per heavy atom. The van der Waals surface area contributed by atoms with Crippen LogP contribution in [0.15, 0.2) is 53.4 Å². The van der Waals surface area contributed by atoms with Gasteiger partial charge in [0, 0.05) is 18.0 Å². The zero-order valence-corrected chi connectivity index (χ0v) is 16.2. The molecule has 0 radical (unpaired) electrons. The molecule has 0 saturated carbocycles. The summed E-state index contributed by atoms with van der Waals surface area (Å²) >= 11 is 0. The molecule has 7 heteroatoms. The van der Waals surface area contributed by atoms with Crippen LogP contribution < -0.4 is 4.90 Å². The average Bonchev–Trinajstić information content (AvgIpc) is 2.96. The van der Waals surface area contributed by atoms with Crippen molar-refractivity contribution in [2.45, 2.75) is 37.3 Å². The lowest BCUT2D eigenvalue weighted by atomic mass is 10.1. The van der Waals surface area contributed by atoms with Crippen LogP contribution >= 0.6 is 0 Å². The van der Waals surface area contributed by atoms with Crippen molar-refractivity contribution in [2.24, 2.45) is 0 Å². The molecule has 0 fully saturated rings. The Balaban J connectivity index is 1.72. The van der Waals surface area contributed by atoms with E-state index in [2.05, 4.69) is 0 Å². The minimum atomic E-state index is -3.34. The number of nitrogens with zero attached hydrogens (tertiary/aromatic N) is 1. The average molecular weight is 387 g/mol. The summed E-state index contributed by atoms with van der Waals surface area (Å²) in [5.74, 6) is -0.954. The van der Waals surface area contributed by atoms with E-state index in [4.69, 9.17) is 4.74 Å². The normalized spacial score (nSPS) is 17.3. The lowest BCUT2D eigenvalue weighted by Gasteiger charge is -2.25. The molecule has 0 spiro atoms. The number of carbonyl (C=O) groups excluding carboxylic acids is 2. The highest BCUT2D eigenvalue weighted by molar-refractivity contribution is 7.90. The maximum Gasteiger partial charge on any atom is 0.338 e. The van der Waals surface area contributed by atoms with Crippen molar-refractivity contribution in [1.29, 1.82) is 0 Å². The van der Waals surface area contributed by atoms with Crippen LogP contribution in [0.5, 0.6) is 0 Å². The van der Waals surface area contributed by atoms with Crippen molar-refractivity contribution in [3.05, 3.63) is 59.7 Å². The molecule has 142 valence electrons. The van der Waals surface area contributed by atoms with Gasteiger partial charge < -0.3 is 9.64 Å². The number of ether oxygens (including phenoxy) is 1. The number of rotatable bonds is 4. The molecular formula is C20H21NO5S. The van der Waals surface area contributed by atoms with E-state index >= 15 is 0 Å². The number of esters is 1. The van der Waals surface area contributed by atoms with Crippen LogP contribution in [0.3, 0.4) is 0 Å². The minimum absolute atomic E-state index is 0.00917. The third-order valence-electron chi connectivity index (χ3n) is 4.59. The fourth-order valence-corrected chi connectivity index (χ4v) is 3.84. The van der Waals surface area contributed by atoms with Gasteiger partial charge in [0.25, 0.3) is 5.91 Å². The minimum Gasteiger partial charge on any atom is -0.449 e. The van der Waals surface area contributed by atoms with E-state index in [1.165, 1.54) is 24.3 Å². The van der Waals surface area contributed by atoms with Crippen LogP contribution in [0.25, 0.3) is 0 Å². The third kappa shape index (κ3) is 3.88. The van der Waals surface area contributed by atoms with Crippen molar-refractivity contribution >= 4 is 27.4 Å². The highest BCUT2D eigenvalue weighted by atomic mass is 32.2. The van der Waals surface area contributed by atoms with E-state index < -0.39 is 21.9 Å². The fourth-order valence-electron chi connectivity index (χ4n) is 3.21. The van der Waals surface area contributed by atoms with Gasteiger partial charge in [0.2, 0.25) is 0 Å². The second kappa shape index (κ2) is 7.15. The molecule has 2 aromatic rings. The number of sulfone groups is 1. The van der Waals surface area contributed by atoms with E-state index in [9.17, 15) is 18.0 Å². The highest BCUT2D eigenvalue weighted by Gasteiger charge is 2.34. The van der Waals surface area contributed by atoms with Crippen molar-refractivity contribution in [2.75, 3.05) is 11.2 Å². The number of benzene rings is 2. The summed E-state index contributed by atoms with van der Waals surface area (Å²) in [6.07, 6.45) is 0.895. The number of fused-ring (bicyclic) bond motifs is 1. The van der Waals surface area contributed by atoms with Crippen LogP contribution in [0.4, 0.5) is 5.69 Å². The molecule has 1 aliphatic heterocycles. The first-order chi connectivity index (χ1) is 12.7. The first-order valence-corrected chi connectivity index (χ1v) is 10.5. The summed E-state index contributed by atoms with van der Waals surface area (Å²) in [4.78, 5) is 26.9. The Morgan fingerprint density at radius 1 is 1.11 bits per heavy atom. The van der Waals surface area contributed by atoms with Crippen LogP contribution in [0.2, 0.25) is 0 Å². The highest BCUT2D eigenvalue weighted by Crippen LogP contribution is 2.32. The largest absolute Gasteiger partial charge is 0.449 e. The summed E-state index contributed by atoms with van der Waals surface area (Å²) in [6, 6.07) is 13.1. The van der Waals surface area contributed by atoms with E-state index in [0.717, 1.165) is 23.9 Å². The van der Waals surface area contributed by atoms with Gasteiger partial charge in [-0.25, -0.2) is 13.2 Å². The smallest absolute Gasteiger partial charge is 0.338 e. The Morgan fingerprint density at radius 2 is 1.74 bits per heavy atom. The number of carbonyl (C=O) groups is 2. The van der Waals surface area contributed by atoms with Gasteiger partial charge in [-0.15, -0.1) is 0 Å². The van der Waals surface area contributed by atoms with Gasteiger partial charge >= 0.3 is 5.97 Å². The standard InChI is InChI=1S/C20H21NO5S/c1-13-12-16-6-4-5-7-18(16)21(13)19(22)14(2)26-20(23)15-8-10-17(11-9-15)27(3,24)25/h4-11,13-14H,12H2,1-3H3. The van der Waals surface area contributed by atoms with Crippen molar-refractivity contribution < 1.29 is 22.7 Å². The molecule has 0 aliphatic carbocycles. The van der Waals surface area contributed by atoms with E-state index in [1.807, 2.05) is 31.2 Å². The van der Waals surface area contributed by atoms with Gasteiger partial charge in [0.1, 0.15) is 0 Å². The van der Waals surface area contributed by atoms with Gasteiger partial charge in [-0.1, -0.05) is 18.2 Å². The molecule has 0 N–H and O–H groups in total. The Labute approximate surface area is 158 Å². The monoisotopic (exact) mass is 387 g/mol. The van der Waals surface area contributed by atoms with Crippen molar-refractivity contribution in [3.8, 4) is 0 Å². The molecule has 0 saturated heterocycles. The zero-order chi connectivity index (χ0) is 19.8. The first-order valence-electron chi connectivity index (χ1n) is 8.60. The van der Waals surface area contributed by atoms with Crippen LogP contribution in [0.1, 0.15) is 29.8 Å². The predicted octanol–water partition coefficient (Wildman–Crippen LogP) is 2.61. The number of para-hydroxylation sites is 1. The number of hydrogen-bond donors (Lipinski definition) is 0. The number of hydrogen-bond acceptors (Lipinski definition) is 5. The number of amides is 1. The SMILES string of the molecule is CC(OC(=O)c1ccc(S(C)(=O)=O)cc1)C(=O)N1c2ccccc2CC1C. The van der Waals surface area contributed by atoms with Crippen LogP contribution in [0, 0.1) is 0 Å². The molecule has 1 amide bonds. The second-order valence-corrected chi connectivity index (χ2v) is 8.75. The molecule has 1 aliphatic rings. The molecule has 2 atom stereocenters. The van der Waals surface area contributed by atoms with E-state index in [-0.39, 0.29) is 22.4 Å². The lowest BCUT2D eigenvalue weighted by molar-refractivity contribution is -0.126. The summed E-state index contributed by atoms with van der Waals surface area (Å²) < 4.78 is 28.3. The summed E-state index contributed by atoms with van der Waals surface area (Å²) in [7, 11) is -3.34. The van der Waals surface area contributed by atoms with Crippen molar-refractivity contribution in [3.63, 3.8) is 0 Å². The van der Waals surface area contributed by atoms with Crippen molar-refractivity contribution in [1.82, 2.24) is 0 Å². The molecule has 2 unspecified atom stereocenters. The first kappa shape index (κ1) is 19.1. The molecule has 1 heterocycles. The maximum absolute atomic E-state index is 12.8. The number of anilines is 1. The molecule has 3 rings (SSSR count). The molecule has 27 heavy (non-hydrogen) atoms. The molecule has 2 aromatic carbocycles. The van der Waals surface area contributed by atoms with Crippen LogP contribution in [-0.4, -0.2) is 38.7 Å². The van der Waals surface area contributed by atoms with Crippen LogP contribution in [-0.2, 0) is 25.8 Å². The van der Waals surface area contributed by atoms with Gasteiger partial charge in [-0.05, 0) is 56.2 Å². The summed E-state index contributed by atoms with van der Waals surface area (Å²) in [6.45, 7) is 3.50. The van der Waals surface area contributed by atoms with Gasteiger partial charge in [-0.3, -0.25) is 4.79 Å². The zero-order valence-electron chi connectivity index (χ0n) is 15.4. The quantitative estimate of drug-likeness (QED) is 0.754. The topological polar surface area (TPSA) is 80.8 Å². The Hall–Kier alpha value is -2.67. The molecule has 6 nitrogen and oxygen atoms in total. The molecule has 0 bridgehead atoms. The lowest BCUT2D eigenvalue weighted by Crippen LogP contribution is -2.43. The van der Waals surface area contributed by atoms with E-state index in [1.54, 1.807) is 11.8 Å². The third-order valence-corrected chi connectivity index (χ3v) is 5.72.